The van der Waals surface area contributed by atoms with Gasteiger partial charge in [-0.15, -0.1) is 0 Å². The van der Waals surface area contributed by atoms with Crippen molar-refractivity contribution in [1.29, 1.82) is 0 Å². The van der Waals surface area contributed by atoms with Crippen molar-refractivity contribution in [1.82, 2.24) is 4.98 Å². The molecule has 0 radical (unpaired) electrons. The zero-order valence-corrected chi connectivity index (χ0v) is 11.7. The Morgan fingerprint density at radius 2 is 2.05 bits per heavy atom. The summed E-state index contributed by atoms with van der Waals surface area (Å²) in [6.07, 6.45) is -4.38. The molecule has 0 saturated carbocycles. The normalized spacial score (nSPS) is 11.8. The molecule has 114 valence electrons. The zero-order valence-electron chi connectivity index (χ0n) is 11.7. The highest BCUT2D eigenvalue weighted by Crippen LogP contribution is 2.32. The number of nitrogens with two attached hydrogens (primary N) is 1. The van der Waals surface area contributed by atoms with E-state index in [0.29, 0.717) is 13.2 Å². The Labute approximate surface area is 115 Å². The molecule has 1 rings (SSSR count). The van der Waals surface area contributed by atoms with Gasteiger partial charge in [0.15, 0.2) is 0 Å². The van der Waals surface area contributed by atoms with E-state index in [2.05, 4.69) is 10.4 Å². The summed E-state index contributed by atoms with van der Waals surface area (Å²) in [5, 5.41) is 0. The van der Waals surface area contributed by atoms with Gasteiger partial charge in [-0.3, -0.25) is 0 Å². The van der Waals surface area contributed by atoms with E-state index < -0.39 is 11.7 Å². The van der Waals surface area contributed by atoms with Gasteiger partial charge in [-0.1, -0.05) is 0 Å². The van der Waals surface area contributed by atoms with Gasteiger partial charge in [0.1, 0.15) is 11.6 Å². The maximum atomic E-state index is 12.8. The molecule has 0 aromatic carbocycles. The molecule has 1 heterocycles. The van der Waals surface area contributed by atoms with E-state index >= 15 is 0 Å². The third-order valence-electron chi connectivity index (χ3n) is 2.56. The number of nitrogens with one attached hydrogen (secondary N) is 1. The molecule has 5 nitrogen and oxygen atoms in total. The number of hydrogen-bond donors (Lipinski definition) is 2. The minimum Gasteiger partial charge on any atom is -0.377 e. The quantitative estimate of drug-likeness (QED) is 0.622. The highest BCUT2D eigenvalue weighted by molar-refractivity contribution is 5.50. The first-order valence-electron chi connectivity index (χ1n) is 6.12. The number of pyridine rings is 1. The summed E-state index contributed by atoms with van der Waals surface area (Å²) in [4.78, 5) is 5.58. The minimum atomic E-state index is -4.45. The van der Waals surface area contributed by atoms with Crippen molar-refractivity contribution in [2.75, 3.05) is 30.5 Å². The van der Waals surface area contributed by atoms with Crippen molar-refractivity contribution >= 4 is 11.6 Å². The van der Waals surface area contributed by atoms with Crippen LogP contribution in [0.2, 0.25) is 0 Å². The summed E-state index contributed by atoms with van der Waals surface area (Å²) < 4.78 is 43.7. The van der Waals surface area contributed by atoms with Gasteiger partial charge in [0.2, 0.25) is 0 Å². The van der Waals surface area contributed by atoms with Gasteiger partial charge in [-0.25, -0.2) is 10.8 Å². The van der Waals surface area contributed by atoms with Gasteiger partial charge < -0.3 is 15.1 Å². The SMILES string of the molecule is CC(C)OCCN(C)c1cc(C(F)(F)F)cc(NN)n1. The first-order valence-corrected chi connectivity index (χ1v) is 6.12. The molecule has 8 heteroatoms. The van der Waals surface area contributed by atoms with Crippen molar-refractivity contribution in [2.45, 2.75) is 26.1 Å². The van der Waals surface area contributed by atoms with Gasteiger partial charge in [0.05, 0.1) is 18.3 Å². The van der Waals surface area contributed by atoms with Gasteiger partial charge in [0, 0.05) is 13.6 Å². The Bertz CT molecular complexity index is 437. The molecule has 0 amide bonds. The van der Waals surface area contributed by atoms with Crippen LogP contribution in [-0.4, -0.2) is 31.3 Å². The lowest BCUT2D eigenvalue weighted by atomic mass is 10.2. The first-order chi connectivity index (χ1) is 9.24. The number of anilines is 2. The van der Waals surface area contributed by atoms with Gasteiger partial charge in [-0.2, -0.15) is 13.2 Å². The summed E-state index contributed by atoms with van der Waals surface area (Å²) in [6.45, 7) is 4.60. The summed E-state index contributed by atoms with van der Waals surface area (Å²) in [5.41, 5.74) is 1.34. The van der Waals surface area contributed by atoms with Crippen molar-refractivity contribution in [3.63, 3.8) is 0 Å². The maximum Gasteiger partial charge on any atom is 0.416 e. The number of nitrogen functional groups attached to an aromatic ring is 1. The Morgan fingerprint density at radius 1 is 1.40 bits per heavy atom. The predicted molar refractivity (Wildman–Crippen MR) is 71.4 cm³/mol. The lowest BCUT2D eigenvalue weighted by Gasteiger charge is -2.21. The Balaban J connectivity index is 2.88. The molecule has 0 bridgehead atoms. The number of ether oxygens (including phenoxy) is 1. The van der Waals surface area contributed by atoms with Crippen LogP contribution in [0.25, 0.3) is 0 Å². The molecule has 0 fully saturated rings. The third-order valence-corrected chi connectivity index (χ3v) is 2.56. The second-order valence-electron chi connectivity index (χ2n) is 4.58. The van der Waals surface area contributed by atoms with Gasteiger partial charge >= 0.3 is 6.18 Å². The largest absolute Gasteiger partial charge is 0.416 e. The second kappa shape index (κ2) is 6.76. The average molecular weight is 292 g/mol. The summed E-state index contributed by atoms with van der Waals surface area (Å²) in [5.74, 6) is 5.29. The highest BCUT2D eigenvalue weighted by atomic mass is 19.4. The molecule has 3 N–H and O–H groups in total. The van der Waals surface area contributed by atoms with E-state index in [0.717, 1.165) is 12.1 Å². The van der Waals surface area contributed by atoms with E-state index in [1.165, 1.54) is 0 Å². The molecule has 0 saturated heterocycles. The molecule has 1 aromatic heterocycles. The summed E-state index contributed by atoms with van der Waals surface area (Å²) in [6, 6.07) is 1.85. The van der Waals surface area contributed by atoms with E-state index in [1.54, 1.807) is 11.9 Å². The van der Waals surface area contributed by atoms with Crippen molar-refractivity contribution in [2.24, 2.45) is 5.84 Å². The fraction of sp³-hybridized carbons (Fsp3) is 0.583. The monoisotopic (exact) mass is 292 g/mol. The number of alkyl halides is 3. The van der Waals surface area contributed by atoms with Crippen LogP contribution in [0.5, 0.6) is 0 Å². The molecular weight excluding hydrogens is 273 g/mol. The van der Waals surface area contributed by atoms with Gasteiger partial charge in [-0.05, 0) is 26.0 Å². The first kappa shape index (κ1) is 16.5. The van der Waals surface area contributed by atoms with Crippen LogP contribution in [0.1, 0.15) is 19.4 Å². The molecule has 0 aliphatic heterocycles. The fourth-order valence-electron chi connectivity index (χ4n) is 1.49. The van der Waals surface area contributed by atoms with Crippen molar-refractivity contribution in [3.8, 4) is 0 Å². The standard InChI is InChI=1S/C12H19F3N4O/c1-8(2)20-5-4-19(3)11-7-9(12(13,14)15)6-10(17-11)18-16/h6-8H,4-5,16H2,1-3H3,(H,17,18). The number of hydrazine groups is 1. The summed E-state index contributed by atoms with van der Waals surface area (Å²) >= 11 is 0. The molecule has 0 spiro atoms. The number of rotatable bonds is 6. The van der Waals surface area contributed by atoms with Crippen LogP contribution in [0.3, 0.4) is 0 Å². The second-order valence-corrected chi connectivity index (χ2v) is 4.58. The Morgan fingerprint density at radius 3 is 2.55 bits per heavy atom. The Kier molecular flexibility index (Phi) is 5.58. The molecule has 1 aromatic rings. The molecule has 0 aliphatic carbocycles. The van der Waals surface area contributed by atoms with E-state index in [-0.39, 0.29) is 17.7 Å². The molecule has 0 atom stereocenters. The number of likely N-dealkylation sites (N-methyl/N-ethyl adjacent to an activating group) is 1. The topological polar surface area (TPSA) is 63.4 Å². The van der Waals surface area contributed by atoms with Crippen molar-refractivity contribution < 1.29 is 17.9 Å². The number of hydrogen-bond acceptors (Lipinski definition) is 5. The van der Waals surface area contributed by atoms with E-state index in [1.807, 2.05) is 13.8 Å². The zero-order chi connectivity index (χ0) is 15.3. The van der Waals surface area contributed by atoms with E-state index in [9.17, 15) is 13.2 Å². The van der Waals surface area contributed by atoms with Crippen molar-refractivity contribution in [3.05, 3.63) is 17.7 Å². The lowest BCUT2D eigenvalue weighted by molar-refractivity contribution is -0.137. The van der Waals surface area contributed by atoms with Crippen LogP contribution < -0.4 is 16.2 Å². The van der Waals surface area contributed by atoms with E-state index in [4.69, 9.17) is 10.6 Å². The molecular formula is C12H19F3N4O. The minimum absolute atomic E-state index is 0.0357. The smallest absolute Gasteiger partial charge is 0.377 e. The highest BCUT2D eigenvalue weighted by Gasteiger charge is 2.32. The molecule has 0 aliphatic rings. The predicted octanol–water partition coefficient (Wildman–Crippen LogP) is 2.25. The van der Waals surface area contributed by atoms with Crippen LogP contribution in [-0.2, 0) is 10.9 Å². The van der Waals surface area contributed by atoms with Gasteiger partial charge in [0.25, 0.3) is 0 Å². The number of aromatic nitrogens is 1. The lowest BCUT2D eigenvalue weighted by Crippen LogP contribution is -2.26. The third kappa shape index (κ3) is 4.86. The summed E-state index contributed by atoms with van der Waals surface area (Å²) in [7, 11) is 1.65. The number of halogens is 3. The molecule has 0 unspecified atom stereocenters. The average Bonchev–Trinajstić information content (AvgIpc) is 2.36. The van der Waals surface area contributed by atoms with Crippen LogP contribution in [0.4, 0.5) is 24.8 Å². The number of nitrogens with zero attached hydrogens (tertiary/aromatic N) is 2. The fourth-order valence-corrected chi connectivity index (χ4v) is 1.49. The van der Waals surface area contributed by atoms with Crippen LogP contribution >= 0.6 is 0 Å². The Hall–Kier alpha value is -1.54. The maximum absolute atomic E-state index is 12.8. The van der Waals surface area contributed by atoms with Crippen LogP contribution in [0, 0.1) is 0 Å². The van der Waals surface area contributed by atoms with Crippen LogP contribution in [0.15, 0.2) is 12.1 Å². The molecule has 20 heavy (non-hydrogen) atoms.